The van der Waals surface area contributed by atoms with E-state index in [4.69, 9.17) is 11.5 Å². The Bertz CT molecular complexity index is 269. The number of hydrogen-bond acceptors (Lipinski definition) is 3. The first kappa shape index (κ1) is 14.9. The van der Waals surface area contributed by atoms with Crippen molar-refractivity contribution in [2.45, 2.75) is 46.7 Å². The lowest BCUT2D eigenvalue weighted by Gasteiger charge is -2.33. The van der Waals surface area contributed by atoms with Crippen molar-refractivity contribution in [3.63, 3.8) is 0 Å². The van der Waals surface area contributed by atoms with Crippen molar-refractivity contribution in [3.05, 3.63) is 0 Å². The van der Waals surface area contributed by atoms with Gasteiger partial charge in [-0.05, 0) is 19.3 Å². The van der Waals surface area contributed by atoms with Crippen LogP contribution in [0.15, 0.2) is 0 Å². The Balaban J connectivity index is 4.82. The fraction of sp³-hybridized carbons (Fsp3) is 0.818. The molecule has 0 aromatic rings. The van der Waals surface area contributed by atoms with E-state index in [-0.39, 0.29) is 23.9 Å². The molecule has 0 aliphatic heterocycles. The Labute approximate surface area is 97.2 Å². The summed E-state index contributed by atoms with van der Waals surface area (Å²) < 4.78 is 0. The Kier molecular flexibility index (Phi) is 4.93. The van der Waals surface area contributed by atoms with Crippen molar-refractivity contribution in [1.29, 1.82) is 0 Å². The van der Waals surface area contributed by atoms with Crippen molar-refractivity contribution < 1.29 is 9.59 Å². The van der Waals surface area contributed by atoms with Gasteiger partial charge in [0.25, 0.3) is 0 Å². The van der Waals surface area contributed by atoms with E-state index < -0.39 is 11.9 Å². The summed E-state index contributed by atoms with van der Waals surface area (Å²) in [7, 11) is 0. The van der Waals surface area contributed by atoms with Crippen molar-refractivity contribution in [2.75, 3.05) is 6.54 Å². The van der Waals surface area contributed by atoms with Crippen LogP contribution in [0.5, 0.6) is 0 Å². The van der Waals surface area contributed by atoms with Gasteiger partial charge in [0.1, 0.15) is 0 Å². The molecule has 1 atom stereocenters. The Morgan fingerprint density at radius 2 is 1.69 bits per heavy atom. The van der Waals surface area contributed by atoms with Gasteiger partial charge in [-0.3, -0.25) is 9.59 Å². The van der Waals surface area contributed by atoms with Crippen LogP contribution in [0.3, 0.4) is 0 Å². The zero-order chi connectivity index (χ0) is 13.1. The maximum Gasteiger partial charge on any atom is 0.240 e. The van der Waals surface area contributed by atoms with Crippen LogP contribution < -0.4 is 11.5 Å². The van der Waals surface area contributed by atoms with Crippen LogP contribution >= 0.6 is 0 Å². The highest BCUT2D eigenvalue weighted by Gasteiger charge is 2.32. The van der Waals surface area contributed by atoms with Gasteiger partial charge in [-0.25, -0.2) is 0 Å². The number of nitrogens with two attached hydrogens (primary N) is 2. The first-order valence-electron chi connectivity index (χ1n) is 5.41. The van der Waals surface area contributed by atoms with Gasteiger partial charge in [0.05, 0.1) is 12.6 Å². The molecule has 5 heteroatoms. The second kappa shape index (κ2) is 5.30. The van der Waals surface area contributed by atoms with Crippen molar-refractivity contribution in [2.24, 2.45) is 16.9 Å². The van der Waals surface area contributed by atoms with Gasteiger partial charge in [-0.15, -0.1) is 0 Å². The zero-order valence-corrected chi connectivity index (χ0v) is 10.8. The molecule has 0 bridgehead atoms. The van der Waals surface area contributed by atoms with Crippen LogP contribution in [0.4, 0.5) is 0 Å². The molecule has 94 valence electrons. The number of rotatable bonds is 4. The molecule has 0 radical (unpaired) electrons. The summed E-state index contributed by atoms with van der Waals surface area (Å²) in [5, 5.41) is 0. The lowest BCUT2D eigenvalue weighted by Crippen LogP contribution is -2.54. The maximum atomic E-state index is 12.1. The average molecular weight is 229 g/mol. The molecular weight excluding hydrogens is 206 g/mol. The SMILES string of the molecule is CC(C)N(CC(N)=O)C(=O)C(N)C(C)(C)C. The summed E-state index contributed by atoms with van der Waals surface area (Å²) in [4.78, 5) is 24.4. The lowest BCUT2D eigenvalue weighted by atomic mass is 9.86. The van der Waals surface area contributed by atoms with Crippen LogP contribution in [0.25, 0.3) is 0 Å². The molecule has 0 fully saturated rings. The minimum absolute atomic E-state index is 0.0831. The standard InChI is InChI=1S/C11H23N3O2/c1-7(2)14(6-8(12)15)10(16)9(13)11(3,4)5/h7,9H,6,13H2,1-5H3,(H2,12,15). The molecule has 0 rings (SSSR count). The molecule has 0 aromatic heterocycles. The zero-order valence-electron chi connectivity index (χ0n) is 10.8. The summed E-state index contributed by atoms with van der Waals surface area (Å²) >= 11 is 0. The summed E-state index contributed by atoms with van der Waals surface area (Å²) in [6, 6.07) is -0.720. The number of carbonyl (C=O) groups excluding carboxylic acids is 2. The van der Waals surface area contributed by atoms with E-state index in [1.807, 2.05) is 34.6 Å². The number of carbonyl (C=O) groups is 2. The van der Waals surface area contributed by atoms with Gasteiger partial charge in [0.2, 0.25) is 11.8 Å². The molecule has 1 unspecified atom stereocenters. The molecule has 5 nitrogen and oxygen atoms in total. The van der Waals surface area contributed by atoms with Gasteiger partial charge < -0.3 is 16.4 Å². The van der Waals surface area contributed by atoms with E-state index in [0.29, 0.717) is 0 Å². The van der Waals surface area contributed by atoms with E-state index in [1.165, 1.54) is 4.90 Å². The highest BCUT2D eigenvalue weighted by atomic mass is 16.2. The van der Waals surface area contributed by atoms with Crippen LogP contribution in [-0.2, 0) is 9.59 Å². The molecule has 0 saturated carbocycles. The molecule has 0 aliphatic carbocycles. The topological polar surface area (TPSA) is 89.4 Å². The van der Waals surface area contributed by atoms with Crippen molar-refractivity contribution >= 4 is 11.8 Å². The maximum absolute atomic E-state index is 12.1. The van der Waals surface area contributed by atoms with Crippen LogP contribution in [-0.4, -0.2) is 35.3 Å². The van der Waals surface area contributed by atoms with Crippen molar-refractivity contribution in [3.8, 4) is 0 Å². The van der Waals surface area contributed by atoms with Crippen LogP contribution in [0.2, 0.25) is 0 Å². The lowest BCUT2D eigenvalue weighted by molar-refractivity contribution is -0.140. The number of primary amides is 1. The molecular formula is C11H23N3O2. The van der Waals surface area contributed by atoms with Crippen LogP contribution in [0.1, 0.15) is 34.6 Å². The third-order valence-electron chi connectivity index (χ3n) is 2.43. The monoisotopic (exact) mass is 229 g/mol. The van der Waals surface area contributed by atoms with Crippen LogP contribution in [0, 0.1) is 5.41 Å². The largest absolute Gasteiger partial charge is 0.368 e. The molecule has 0 heterocycles. The highest BCUT2D eigenvalue weighted by Crippen LogP contribution is 2.19. The molecule has 0 aromatic carbocycles. The fourth-order valence-electron chi connectivity index (χ4n) is 1.23. The number of amides is 2. The van der Waals surface area contributed by atoms with Crippen molar-refractivity contribution in [1.82, 2.24) is 4.90 Å². The average Bonchev–Trinajstić information content (AvgIpc) is 2.09. The second-order valence-corrected chi connectivity index (χ2v) is 5.37. The third-order valence-corrected chi connectivity index (χ3v) is 2.43. The molecule has 16 heavy (non-hydrogen) atoms. The number of nitrogens with zero attached hydrogens (tertiary/aromatic N) is 1. The predicted molar refractivity (Wildman–Crippen MR) is 63.5 cm³/mol. The summed E-state index contributed by atoms with van der Waals surface area (Å²) in [6.07, 6.45) is 0. The summed E-state index contributed by atoms with van der Waals surface area (Å²) in [6.45, 7) is 9.24. The van der Waals surface area contributed by atoms with E-state index >= 15 is 0 Å². The fourth-order valence-corrected chi connectivity index (χ4v) is 1.23. The Hall–Kier alpha value is -1.10. The predicted octanol–water partition coefficient (Wildman–Crippen LogP) is 0.0821. The smallest absolute Gasteiger partial charge is 0.240 e. The number of hydrogen-bond donors (Lipinski definition) is 2. The van der Waals surface area contributed by atoms with Gasteiger partial charge in [-0.1, -0.05) is 20.8 Å². The third kappa shape index (κ3) is 4.18. The quantitative estimate of drug-likeness (QED) is 0.715. The Morgan fingerprint density at radius 3 is 1.94 bits per heavy atom. The minimum atomic E-state index is -0.630. The van der Waals surface area contributed by atoms with E-state index in [2.05, 4.69) is 0 Å². The summed E-state index contributed by atoms with van der Waals surface area (Å²) in [5.41, 5.74) is 10.6. The van der Waals surface area contributed by atoms with Gasteiger partial charge in [0.15, 0.2) is 0 Å². The van der Waals surface area contributed by atoms with Gasteiger partial charge in [-0.2, -0.15) is 0 Å². The minimum Gasteiger partial charge on any atom is -0.368 e. The van der Waals surface area contributed by atoms with E-state index in [1.54, 1.807) is 0 Å². The first-order chi connectivity index (χ1) is 7.07. The molecule has 0 saturated heterocycles. The van der Waals surface area contributed by atoms with E-state index in [0.717, 1.165) is 0 Å². The molecule has 0 aliphatic rings. The highest BCUT2D eigenvalue weighted by molar-refractivity contribution is 5.87. The molecule has 0 spiro atoms. The summed E-state index contributed by atoms with van der Waals surface area (Å²) in [5.74, 6) is -0.760. The normalized spacial score (nSPS) is 13.7. The Morgan fingerprint density at radius 1 is 1.25 bits per heavy atom. The first-order valence-corrected chi connectivity index (χ1v) is 5.41. The van der Waals surface area contributed by atoms with Gasteiger partial charge >= 0.3 is 0 Å². The van der Waals surface area contributed by atoms with Gasteiger partial charge in [0, 0.05) is 6.04 Å². The molecule has 2 amide bonds. The van der Waals surface area contributed by atoms with E-state index in [9.17, 15) is 9.59 Å². The molecule has 4 N–H and O–H groups in total. The second-order valence-electron chi connectivity index (χ2n) is 5.37.